The molecule has 0 aliphatic rings. The van der Waals surface area contributed by atoms with Gasteiger partial charge >= 0.3 is 0 Å². The molecule has 6 heteroatoms. The van der Waals surface area contributed by atoms with Gasteiger partial charge in [-0.2, -0.15) is 5.10 Å². The molecule has 134 valence electrons. The molecule has 0 bridgehead atoms. The van der Waals surface area contributed by atoms with Crippen molar-refractivity contribution < 1.29 is 9.53 Å². The minimum Gasteiger partial charge on any atom is -0.481 e. The fourth-order valence-electron chi connectivity index (χ4n) is 2.76. The topological polar surface area (TPSA) is 79.9 Å². The monoisotopic (exact) mass is 350 g/mol. The maximum absolute atomic E-state index is 12.6. The van der Waals surface area contributed by atoms with E-state index < -0.39 is 0 Å². The van der Waals surface area contributed by atoms with E-state index in [0.29, 0.717) is 17.9 Å². The van der Waals surface area contributed by atoms with E-state index in [9.17, 15) is 4.79 Å². The number of hydrogen-bond acceptors (Lipinski definition) is 4. The van der Waals surface area contributed by atoms with Gasteiger partial charge in [-0.3, -0.25) is 9.89 Å². The average molecular weight is 350 g/mol. The van der Waals surface area contributed by atoms with Gasteiger partial charge in [0.05, 0.1) is 12.8 Å². The van der Waals surface area contributed by atoms with Gasteiger partial charge in [0, 0.05) is 41.5 Å². The number of carbonyl (C=O) groups excluding carboxylic acids is 1. The molecule has 2 aromatic heterocycles. The molecule has 3 aromatic rings. The highest BCUT2D eigenvalue weighted by Gasteiger charge is 2.12. The van der Waals surface area contributed by atoms with Gasteiger partial charge in [0.2, 0.25) is 5.88 Å². The van der Waals surface area contributed by atoms with Crippen molar-refractivity contribution in [2.24, 2.45) is 0 Å². The number of ether oxygens (including phenoxy) is 1. The van der Waals surface area contributed by atoms with Gasteiger partial charge in [-0.15, -0.1) is 0 Å². The third kappa shape index (κ3) is 4.27. The van der Waals surface area contributed by atoms with Crippen LogP contribution in [-0.2, 0) is 6.42 Å². The Bertz CT molecular complexity index is 887. The summed E-state index contributed by atoms with van der Waals surface area (Å²) < 4.78 is 5.08. The number of benzene rings is 1. The number of nitrogens with zero attached hydrogens (tertiary/aromatic N) is 2. The molecule has 26 heavy (non-hydrogen) atoms. The third-order valence-corrected chi connectivity index (χ3v) is 4.06. The fraction of sp³-hybridized carbons (Fsp3) is 0.250. The summed E-state index contributed by atoms with van der Waals surface area (Å²) in [5, 5.41) is 10.1. The largest absolute Gasteiger partial charge is 0.481 e. The number of pyridine rings is 1. The maximum Gasteiger partial charge on any atom is 0.251 e. The fourth-order valence-corrected chi connectivity index (χ4v) is 2.76. The van der Waals surface area contributed by atoms with Crippen LogP contribution in [0.2, 0.25) is 0 Å². The first kappa shape index (κ1) is 17.7. The van der Waals surface area contributed by atoms with Gasteiger partial charge in [-0.1, -0.05) is 12.1 Å². The SMILES string of the molecule is COc1ccc(-c2cccc(C(=O)NC(C)Cc3cc(C)[nH]n3)c2)cn1. The number of aryl methyl sites for hydroxylation is 1. The van der Waals surface area contributed by atoms with Gasteiger partial charge in [-0.25, -0.2) is 4.98 Å². The van der Waals surface area contributed by atoms with Crippen LogP contribution in [0.25, 0.3) is 11.1 Å². The number of amides is 1. The highest BCUT2D eigenvalue weighted by Crippen LogP contribution is 2.21. The summed E-state index contributed by atoms with van der Waals surface area (Å²) in [4.78, 5) is 16.8. The summed E-state index contributed by atoms with van der Waals surface area (Å²) >= 11 is 0. The number of nitrogens with one attached hydrogen (secondary N) is 2. The van der Waals surface area contributed by atoms with Crippen LogP contribution >= 0.6 is 0 Å². The molecule has 0 radical (unpaired) electrons. The van der Waals surface area contributed by atoms with Gasteiger partial charge in [0.15, 0.2) is 0 Å². The van der Waals surface area contributed by atoms with Crippen LogP contribution in [0, 0.1) is 6.92 Å². The van der Waals surface area contributed by atoms with Crippen molar-refractivity contribution in [2.75, 3.05) is 7.11 Å². The summed E-state index contributed by atoms with van der Waals surface area (Å²) in [6.07, 6.45) is 2.41. The zero-order chi connectivity index (χ0) is 18.5. The average Bonchev–Trinajstić information content (AvgIpc) is 3.06. The second-order valence-corrected chi connectivity index (χ2v) is 6.29. The van der Waals surface area contributed by atoms with E-state index in [2.05, 4.69) is 20.5 Å². The van der Waals surface area contributed by atoms with Crippen molar-refractivity contribution in [3.05, 3.63) is 65.6 Å². The lowest BCUT2D eigenvalue weighted by atomic mass is 10.0. The Labute approximate surface area is 152 Å². The van der Waals surface area contributed by atoms with Crippen LogP contribution in [0.4, 0.5) is 0 Å². The van der Waals surface area contributed by atoms with Crippen LogP contribution in [0.15, 0.2) is 48.7 Å². The number of H-pyrrole nitrogens is 1. The lowest BCUT2D eigenvalue weighted by Crippen LogP contribution is -2.34. The van der Waals surface area contributed by atoms with Gasteiger partial charge in [0.1, 0.15) is 0 Å². The Hall–Kier alpha value is -3.15. The number of hydrogen-bond donors (Lipinski definition) is 2. The Morgan fingerprint density at radius 2 is 2.08 bits per heavy atom. The van der Waals surface area contributed by atoms with Crippen molar-refractivity contribution in [1.29, 1.82) is 0 Å². The van der Waals surface area contributed by atoms with Gasteiger partial charge < -0.3 is 10.1 Å². The smallest absolute Gasteiger partial charge is 0.251 e. The van der Waals surface area contributed by atoms with E-state index in [1.165, 1.54) is 0 Å². The Kier molecular flexibility index (Phi) is 5.31. The summed E-state index contributed by atoms with van der Waals surface area (Å²) in [5.74, 6) is 0.457. The molecule has 0 aliphatic heterocycles. The second kappa shape index (κ2) is 7.82. The minimum absolute atomic E-state index is 0.0171. The normalized spacial score (nSPS) is 11.8. The molecular formula is C20H22N4O2. The molecule has 0 fully saturated rings. The van der Waals surface area contributed by atoms with Crippen LogP contribution in [0.5, 0.6) is 5.88 Å². The molecule has 2 heterocycles. The molecule has 3 rings (SSSR count). The van der Waals surface area contributed by atoms with Crippen LogP contribution in [-0.4, -0.2) is 34.2 Å². The van der Waals surface area contributed by atoms with Crippen molar-refractivity contribution >= 4 is 5.91 Å². The first-order chi connectivity index (χ1) is 12.5. The van der Waals surface area contributed by atoms with E-state index in [-0.39, 0.29) is 11.9 Å². The molecule has 1 unspecified atom stereocenters. The molecule has 2 N–H and O–H groups in total. The van der Waals surface area contributed by atoms with E-state index in [1.54, 1.807) is 25.4 Å². The molecule has 0 aliphatic carbocycles. The van der Waals surface area contributed by atoms with E-state index in [0.717, 1.165) is 22.5 Å². The Morgan fingerprint density at radius 3 is 2.73 bits per heavy atom. The van der Waals surface area contributed by atoms with Crippen LogP contribution in [0.3, 0.4) is 0 Å². The molecule has 0 spiro atoms. The molecule has 1 amide bonds. The van der Waals surface area contributed by atoms with Crippen molar-refractivity contribution in [3.63, 3.8) is 0 Å². The van der Waals surface area contributed by atoms with Crippen LogP contribution in [0.1, 0.15) is 28.7 Å². The number of methoxy groups -OCH3 is 1. The zero-order valence-electron chi connectivity index (χ0n) is 15.1. The van der Waals surface area contributed by atoms with Crippen LogP contribution < -0.4 is 10.1 Å². The summed E-state index contributed by atoms with van der Waals surface area (Å²) in [5.41, 5.74) is 4.43. The number of rotatable bonds is 6. The van der Waals surface area contributed by atoms with Gasteiger partial charge in [0.25, 0.3) is 5.91 Å². The van der Waals surface area contributed by atoms with Gasteiger partial charge in [-0.05, 0) is 43.7 Å². The van der Waals surface area contributed by atoms with Crippen molar-refractivity contribution in [3.8, 4) is 17.0 Å². The molecule has 1 atom stereocenters. The first-order valence-corrected chi connectivity index (χ1v) is 8.47. The second-order valence-electron chi connectivity index (χ2n) is 6.29. The maximum atomic E-state index is 12.6. The van der Waals surface area contributed by atoms with Crippen molar-refractivity contribution in [1.82, 2.24) is 20.5 Å². The van der Waals surface area contributed by atoms with E-state index in [1.807, 2.05) is 44.2 Å². The lowest BCUT2D eigenvalue weighted by molar-refractivity contribution is 0.0940. The third-order valence-electron chi connectivity index (χ3n) is 4.06. The first-order valence-electron chi connectivity index (χ1n) is 8.47. The van der Waals surface area contributed by atoms with Crippen molar-refractivity contribution in [2.45, 2.75) is 26.3 Å². The molecule has 1 aromatic carbocycles. The number of aromatic nitrogens is 3. The Balaban J connectivity index is 1.69. The molecule has 0 saturated carbocycles. The molecule has 0 saturated heterocycles. The number of aromatic amines is 1. The highest BCUT2D eigenvalue weighted by molar-refractivity contribution is 5.95. The summed E-state index contributed by atoms with van der Waals surface area (Å²) in [6, 6.07) is 13.2. The molecular weight excluding hydrogens is 328 g/mol. The minimum atomic E-state index is -0.104. The summed E-state index contributed by atoms with van der Waals surface area (Å²) in [6.45, 7) is 3.93. The van der Waals surface area contributed by atoms with E-state index >= 15 is 0 Å². The van der Waals surface area contributed by atoms with E-state index in [4.69, 9.17) is 4.74 Å². The highest BCUT2D eigenvalue weighted by atomic mass is 16.5. The Morgan fingerprint density at radius 1 is 1.23 bits per heavy atom. The zero-order valence-corrected chi connectivity index (χ0v) is 15.1. The predicted octanol–water partition coefficient (Wildman–Crippen LogP) is 3.15. The predicted molar refractivity (Wildman–Crippen MR) is 100 cm³/mol. The quantitative estimate of drug-likeness (QED) is 0.716. The number of carbonyl (C=O) groups is 1. The lowest BCUT2D eigenvalue weighted by Gasteiger charge is -2.13. The standard InChI is InChI=1S/C20H22N4O2/c1-13(9-18-10-14(2)23-24-18)22-20(25)16-6-4-5-15(11-16)17-7-8-19(26-3)21-12-17/h4-8,10-13H,9H2,1-3H3,(H,22,25)(H,23,24). The molecule has 6 nitrogen and oxygen atoms in total. The summed E-state index contributed by atoms with van der Waals surface area (Å²) in [7, 11) is 1.58.